The second kappa shape index (κ2) is 5.04. The highest BCUT2D eigenvalue weighted by Gasteiger charge is 2.07. The molecule has 3 heterocycles. The summed E-state index contributed by atoms with van der Waals surface area (Å²) in [4.78, 5) is 16.0. The summed E-state index contributed by atoms with van der Waals surface area (Å²) in [5.41, 5.74) is 2.18. The molecule has 7 nitrogen and oxygen atoms in total. The van der Waals surface area contributed by atoms with Crippen LogP contribution in [-0.2, 0) is 13.6 Å². The molecule has 102 valence electrons. The van der Waals surface area contributed by atoms with E-state index in [2.05, 4.69) is 36.4 Å². The molecule has 0 amide bonds. The number of aryl methyl sites for hydroxylation is 1. The minimum absolute atomic E-state index is 0.186. The highest BCUT2D eigenvalue weighted by atomic mass is 79.9. The Morgan fingerprint density at radius 2 is 2.15 bits per heavy atom. The van der Waals surface area contributed by atoms with Gasteiger partial charge in [-0.05, 0) is 22.0 Å². The second-order valence-electron chi connectivity index (χ2n) is 4.19. The van der Waals surface area contributed by atoms with Crippen molar-refractivity contribution in [2.24, 2.45) is 7.05 Å². The number of rotatable bonds is 3. The largest absolute Gasteiger partial charge is 0.377 e. The number of hydrogen-bond acceptors (Lipinski definition) is 5. The van der Waals surface area contributed by atoms with Gasteiger partial charge in [-0.15, -0.1) is 0 Å². The fourth-order valence-corrected chi connectivity index (χ4v) is 2.34. The molecule has 0 saturated heterocycles. The van der Waals surface area contributed by atoms with Gasteiger partial charge in [-0.3, -0.25) is 4.79 Å². The monoisotopic (exact) mass is 334 g/mol. The maximum atomic E-state index is 11.8. The van der Waals surface area contributed by atoms with Crippen LogP contribution >= 0.6 is 15.9 Å². The van der Waals surface area contributed by atoms with Crippen molar-refractivity contribution in [3.8, 4) is 0 Å². The van der Waals surface area contributed by atoms with Crippen molar-refractivity contribution in [1.29, 1.82) is 0 Å². The quantitative estimate of drug-likeness (QED) is 0.778. The van der Waals surface area contributed by atoms with E-state index in [0.717, 1.165) is 11.3 Å². The van der Waals surface area contributed by atoms with Crippen LogP contribution in [0.25, 0.3) is 5.65 Å². The second-order valence-corrected chi connectivity index (χ2v) is 4.98. The highest BCUT2D eigenvalue weighted by Crippen LogP contribution is 2.17. The van der Waals surface area contributed by atoms with Crippen LogP contribution in [0.4, 0.5) is 5.69 Å². The van der Waals surface area contributed by atoms with E-state index in [9.17, 15) is 4.79 Å². The molecule has 0 radical (unpaired) electrons. The SMILES string of the molecule is Cn1ncc(NCc2ccnc3ccnn23)c(Br)c1=O. The number of fused-ring (bicyclic) bond motifs is 1. The number of nitrogens with zero attached hydrogens (tertiary/aromatic N) is 5. The molecule has 0 unspecified atom stereocenters. The smallest absolute Gasteiger partial charge is 0.282 e. The third-order valence-electron chi connectivity index (χ3n) is 2.91. The fourth-order valence-electron chi connectivity index (χ4n) is 1.84. The number of anilines is 1. The van der Waals surface area contributed by atoms with E-state index in [1.54, 1.807) is 30.2 Å². The summed E-state index contributed by atoms with van der Waals surface area (Å²) >= 11 is 3.28. The average Bonchev–Trinajstić information content (AvgIpc) is 2.93. The van der Waals surface area contributed by atoms with Gasteiger partial charge in [0, 0.05) is 19.3 Å². The number of hydrogen-bond donors (Lipinski definition) is 1. The van der Waals surface area contributed by atoms with Crippen LogP contribution in [0, 0.1) is 0 Å². The molecule has 0 aliphatic heterocycles. The van der Waals surface area contributed by atoms with Crippen LogP contribution in [0.1, 0.15) is 5.69 Å². The van der Waals surface area contributed by atoms with E-state index in [1.807, 2.05) is 12.1 Å². The van der Waals surface area contributed by atoms with Crippen molar-refractivity contribution < 1.29 is 0 Å². The Labute approximate surface area is 122 Å². The summed E-state index contributed by atoms with van der Waals surface area (Å²) in [6.45, 7) is 0.508. The van der Waals surface area contributed by atoms with Gasteiger partial charge in [0.2, 0.25) is 0 Å². The Bertz CT molecular complexity index is 824. The fraction of sp³-hybridized carbons (Fsp3) is 0.167. The molecule has 3 aromatic heterocycles. The Morgan fingerprint density at radius 1 is 1.30 bits per heavy atom. The first kappa shape index (κ1) is 12.8. The Kier molecular flexibility index (Phi) is 3.23. The van der Waals surface area contributed by atoms with Gasteiger partial charge in [0.05, 0.1) is 30.3 Å². The number of nitrogens with one attached hydrogen (secondary N) is 1. The van der Waals surface area contributed by atoms with Crippen LogP contribution in [0.3, 0.4) is 0 Å². The van der Waals surface area contributed by atoms with Gasteiger partial charge in [-0.25, -0.2) is 14.2 Å². The van der Waals surface area contributed by atoms with E-state index < -0.39 is 0 Å². The van der Waals surface area contributed by atoms with Gasteiger partial charge in [0.1, 0.15) is 4.47 Å². The first-order valence-electron chi connectivity index (χ1n) is 5.90. The zero-order valence-corrected chi connectivity index (χ0v) is 12.2. The molecule has 0 spiro atoms. The van der Waals surface area contributed by atoms with Crippen molar-refractivity contribution in [1.82, 2.24) is 24.4 Å². The molecule has 0 bridgehead atoms. The van der Waals surface area contributed by atoms with Crippen LogP contribution in [0.2, 0.25) is 0 Å². The summed E-state index contributed by atoms with van der Waals surface area (Å²) in [7, 11) is 1.60. The van der Waals surface area contributed by atoms with Gasteiger partial charge < -0.3 is 5.32 Å². The predicted octanol–water partition coefficient (Wildman–Crippen LogP) is 1.20. The first-order chi connectivity index (χ1) is 9.66. The number of aromatic nitrogens is 5. The minimum Gasteiger partial charge on any atom is -0.377 e. The Balaban J connectivity index is 1.89. The molecular formula is C12H11BrN6O. The summed E-state index contributed by atoms with van der Waals surface area (Å²) in [6, 6.07) is 3.70. The van der Waals surface area contributed by atoms with Crippen LogP contribution in [0.15, 0.2) is 40.0 Å². The molecule has 3 aromatic rings. The lowest BCUT2D eigenvalue weighted by molar-refractivity contribution is 0.703. The zero-order valence-electron chi connectivity index (χ0n) is 10.6. The van der Waals surface area contributed by atoms with Gasteiger partial charge in [-0.1, -0.05) is 0 Å². The van der Waals surface area contributed by atoms with Gasteiger partial charge in [-0.2, -0.15) is 10.2 Å². The molecule has 0 atom stereocenters. The third-order valence-corrected chi connectivity index (χ3v) is 3.67. The van der Waals surface area contributed by atoms with E-state index >= 15 is 0 Å². The first-order valence-corrected chi connectivity index (χ1v) is 6.69. The molecule has 0 aromatic carbocycles. The van der Waals surface area contributed by atoms with Crippen LogP contribution in [-0.4, -0.2) is 24.4 Å². The molecule has 1 N–H and O–H groups in total. The number of halogens is 1. The predicted molar refractivity (Wildman–Crippen MR) is 77.5 cm³/mol. The topological polar surface area (TPSA) is 77.1 Å². The summed E-state index contributed by atoms with van der Waals surface area (Å²) < 4.78 is 3.48. The standard InChI is InChI=1S/C12H11BrN6O/c1-18-12(20)11(13)9(7-17-18)15-6-8-2-4-14-10-3-5-16-19(8)10/h2-5,7,15H,6H2,1H3. The van der Waals surface area contributed by atoms with Gasteiger partial charge in [0.15, 0.2) is 5.65 Å². The molecule has 0 aliphatic rings. The van der Waals surface area contributed by atoms with Crippen molar-refractivity contribution in [3.63, 3.8) is 0 Å². The molecule has 0 saturated carbocycles. The maximum absolute atomic E-state index is 11.8. The highest BCUT2D eigenvalue weighted by molar-refractivity contribution is 9.10. The molecule has 8 heteroatoms. The third kappa shape index (κ3) is 2.18. The summed E-state index contributed by atoms with van der Waals surface area (Å²) in [5, 5.41) is 11.4. The van der Waals surface area contributed by atoms with E-state index in [4.69, 9.17) is 0 Å². The normalized spacial score (nSPS) is 10.9. The van der Waals surface area contributed by atoms with Crippen molar-refractivity contribution in [2.75, 3.05) is 5.32 Å². The van der Waals surface area contributed by atoms with Crippen molar-refractivity contribution >= 4 is 27.3 Å². The Morgan fingerprint density at radius 3 is 3.00 bits per heavy atom. The average molecular weight is 335 g/mol. The summed E-state index contributed by atoms with van der Waals surface area (Å²) in [6.07, 6.45) is 5.03. The van der Waals surface area contributed by atoms with Crippen molar-refractivity contribution in [3.05, 3.63) is 51.2 Å². The maximum Gasteiger partial charge on any atom is 0.282 e. The zero-order chi connectivity index (χ0) is 14.1. The molecule has 0 fully saturated rings. The lowest BCUT2D eigenvalue weighted by Crippen LogP contribution is -2.21. The Hall–Kier alpha value is -2.22. The van der Waals surface area contributed by atoms with Gasteiger partial charge in [0.25, 0.3) is 5.56 Å². The molecular weight excluding hydrogens is 324 g/mol. The molecule has 0 aliphatic carbocycles. The van der Waals surface area contributed by atoms with E-state index in [0.29, 0.717) is 16.7 Å². The summed E-state index contributed by atoms with van der Waals surface area (Å²) in [5.74, 6) is 0. The van der Waals surface area contributed by atoms with Crippen LogP contribution in [0.5, 0.6) is 0 Å². The minimum atomic E-state index is -0.186. The van der Waals surface area contributed by atoms with Gasteiger partial charge >= 0.3 is 0 Å². The van der Waals surface area contributed by atoms with E-state index in [1.165, 1.54) is 4.68 Å². The molecule has 3 rings (SSSR count). The molecule has 20 heavy (non-hydrogen) atoms. The lowest BCUT2D eigenvalue weighted by atomic mass is 10.3. The van der Waals surface area contributed by atoms with Crippen LogP contribution < -0.4 is 10.9 Å². The van der Waals surface area contributed by atoms with Crippen molar-refractivity contribution in [2.45, 2.75) is 6.54 Å². The van der Waals surface area contributed by atoms with E-state index in [-0.39, 0.29) is 5.56 Å². The lowest BCUT2D eigenvalue weighted by Gasteiger charge is -2.09.